The van der Waals surface area contributed by atoms with E-state index < -0.39 is 11.6 Å². The van der Waals surface area contributed by atoms with Crippen LogP contribution in [0.1, 0.15) is 30.9 Å². The molecule has 0 N–H and O–H groups in total. The number of ketones is 1. The Hall–Kier alpha value is -1.64. The molecule has 1 fully saturated rings. The summed E-state index contributed by atoms with van der Waals surface area (Å²) in [5.74, 6) is -0.487. The van der Waals surface area contributed by atoms with Crippen LogP contribution in [0.4, 0.5) is 0 Å². The Bertz CT molecular complexity index is 415. The van der Waals surface area contributed by atoms with Gasteiger partial charge in [0.2, 0.25) is 0 Å². The van der Waals surface area contributed by atoms with Crippen molar-refractivity contribution in [3.63, 3.8) is 0 Å². The molecule has 3 nitrogen and oxygen atoms in total. The van der Waals surface area contributed by atoms with Crippen molar-refractivity contribution < 1.29 is 14.3 Å². The fourth-order valence-electron chi connectivity index (χ4n) is 1.99. The molecule has 1 atom stereocenters. The zero-order valence-corrected chi connectivity index (χ0v) is 9.45. The fourth-order valence-corrected chi connectivity index (χ4v) is 1.99. The first kappa shape index (κ1) is 10.9. The molecule has 16 heavy (non-hydrogen) atoms. The van der Waals surface area contributed by atoms with Crippen molar-refractivity contribution >= 4 is 11.8 Å². The lowest BCUT2D eigenvalue weighted by Gasteiger charge is -2.32. The van der Waals surface area contributed by atoms with Crippen LogP contribution in [0.3, 0.4) is 0 Å². The highest BCUT2D eigenvalue weighted by Crippen LogP contribution is 2.33. The molecule has 3 heteroatoms. The van der Waals surface area contributed by atoms with E-state index in [4.69, 9.17) is 4.74 Å². The molecule has 1 aliphatic heterocycles. The average molecular weight is 218 g/mol. The van der Waals surface area contributed by atoms with Gasteiger partial charge in [0.1, 0.15) is 17.8 Å². The van der Waals surface area contributed by atoms with E-state index in [1.54, 1.807) is 6.92 Å². The standard InChI is InChI=1S/C13H14O3/c1-9-3-5-10(6-4-9)13(2)8-11(14)7-12(15)16-13/h3-6H,7-8H2,1-2H3. The maximum absolute atomic E-state index is 11.4. The first-order chi connectivity index (χ1) is 7.49. The number of cyclic esters (lactones) is 1. The van der Waals surface area contributed by atoms with Gasteiger partial charge in [0.25, 0.3) is 0 Å². The van der Waals surface area contributed by atoms with Gasteiger partial charge in [0.15, 0.2) is 0 Å². The molecule has 1 aromatic carbocycles. The lowest BCUT2D eigenvalue weighted by Crippen LogP contribution is -2.37. The second-order valence-electron chi connectivity index (χ2n) is 4.46. The molecule has 0 spiro atoms. The molecule has 0 bridgehead atoms. The number of benzene rings is 1. The Balaban J connectivity index is 2.33. The van der Waals surface area contributed by atoms with Gasteiger partial charge in [-0.3, -0.25) is 9.59 Å². The molecule has 1 aliphatic rings. The molecule has 0 radical (unpaired) electrons. The van der Waals surface area contributed by atoms with Crippen molar-refractivity contribution in [1.82, 2.24) is 0 Å². The third-order valence-electron chi connectivity index (χ3n) is 2.88. The predicted octanol–water partition coefficient (Wildman–Crippen LogP) is 2.12. The van der Waals surface area contributed by atoms with Gasteiger partial charge in [-0.2, -0.15) is 0 Å². The highest BCUT2D eigenvalue weighted by molar-refractivity contribution is 5.98. The molecular weight excluding hydrogens is 204 g/mol. The van der Waals surface area contributed by atoms with E-state index in [0.29, 0.717) is 0 Å². The van der Waals surface area contributed by atoms with Gasteiger partial charge >= 0.3 is 5.97 Å². The van der Waals surface area contributed by atoms with Crippen LogP contribution in [0.15, 0.2) is 24.3 Å². The summed E-state index contributed by atoms with van der Waals surface area (Å²) in [6.07, 6.45) is 0.170. The average Bonchev–Trinajstić information content (AvgIpc) is 2.16. The highest BCUT2D eigenvalue weighted by Gasteiger charge is 2.38. The van der Waals surface area contributed by atoms with E-state index in [9.17, 15) is 9.59 Å². The monoisotopic (exact) mass is 218 g/mol. The topological polar surface area (TPSA) is 43.4 Å². The van der Waals surface area contributed by atoms with Gasteiger partial charge in [-0.25, -0.2) is 0 Å². The Morgan fingerprint density at radius 3 is 2.38 bits per heavy atom. The van der Waals surface area contributed by atoms with E-state index in [-0.39, 0.29) is 18.6 Å². The minimum atomic E-state index is -0.792. The van der Waals surface area contributed by atoms with E-state index >= 15 is 0 Å². The third-order valence-corrected chi connectivity index (χ3v) is 2.88. The van der Waals surface area contributed by atoms with Crippen LogP contribution in [0.25, 0.3) is 0 Å². The second kappa shape index (κ2) is 3.74. The number of rotatable bonds is 1. The minimum Gasteiger partial charge on any atom is -0.454 e. The summed E-state index contributed by atoms with van der Waals surface area (Å²) in [5.41, 5.74) is 1.22. The van der Waals surface area contributed by atoms with Crippen molar-refractivity contribution in [1.29, 1.82) is 0 Å². The number of hydrogen-bond donors (Lipinski definition) is 0. The van der Waals surface area contributed by atoms with Crippen molar-refractivity contribution in [2.75, 3.05) is 0 Å². The molecule has 1 aromatic rings. The lowest BCUT2D eigenvalue weighted by molar-refractivity contribution is -0.169. The quantitative estimate of drug-likeness (QED) is 0.535. The number of aryl methyl sites for hydroxylation is 1. The maximum atomic E-state index is 11.4. The third kappa shape index (κ3) is 1.98. The van der Waals surface area contributed by atoms with Crippen molar-refractivity contribution in [3.05, 3.63) is 35.4 Å². The summed E-state index contributed by atoms with van der Waals surface area (Å²) in [4.78, 5) is 22.7. The first-order valence-electron chi connectivity index (χ1n) is 5.30. The number of carbonyl (C=O) groups excluding carboxylic acids is 2. The first-order valence-corrected chi connectivity index (χ1v) is 5.30. The van der Waals surface area contributed by atoms with E-state index in [0.717, 1.165) is 11.1 Å². The summed E-state index contributed by atoms with van der Waals surface area (Å²) >= 11 is 0. The molecule has 2 rings (SSSR count). The SMILES string of the molecule is Cc1ccc(C2(C)CC(=O)CC(=O)O2)cc1. The molecule has 1 unspecified atom stereocenters. The Kier molecular flexibility index (Phi) is 2.54. The molecule has 0 saturated carbocycles. The molecule has 84 valence electrons. The summed E-state index contributed by atoms with van der Waals surface area (Å²) < 4.78 is 5.31. The Morgan fingerprint density at radius 1 is 1.19 bits per heavy atom. The summed E-state index contributed by atoms with van der Waals surface area (Å²) in [6, 6.07) is 7.71. The van der Waals surface area contributed by atoms with Crippen LogP contribution in [-0.4, -0.2) is 11.8 Å². The van der Waals surface area contributed by atoms with Crippen molar-refractivity contribution in [2.45, 2.75) is 32.3 Å². The molecule has 0 aliphatic carbocycles. The predicted molar refractivity (Wildman–Crippen MR) is 58.9 cm³/mol. The lowest BCUT2D eigenvalue weighted by atomic mass is 9.87. The highest BCUT2D eigenvalue weighted by atomic mass is 16.6. The van der Waals surface area contributed by atoms with E-state index in [2.05, 4.69) is 0 Å². The van der Waals surface area contributed by atoms with Crippen molar-refractivity contribution in [2.24, 2.45) is 0 Å². The van der Waals surface area contributed by atoms with Crippen LogP contribution in [0.2, 0.25) is 0 Å². The van der Waals surface area contributed by atoms with Gasteiger partial charge < -0.3 is 4.74 Å². The van der Waals surface area contributed by atoms with Gasteiger partial charge in [0.05, 0.1) is 6.42 Å². The van der Waals surface area contributed by atoms with Gasteiger partial charge in [-0.1, -0.05) is 29.8 Å². The summed E-state index contributed by atoms with van der Waals surface area (Å²) in [7, 11) is 0. The molecule has 1 heterocycles. The van der Waals surface area contributed by atoms with Crippen LogP contribution in [0.5, 0.6) is 0 Å². The molecule has 1 saturated heterocycles. The Morgan fingerprint density at radius 2 is 1.81 bits per heavy atom. The zero-order chi connectivity index (χ0) is 11.8. The van der Waals surface area contributed by atoms with Crippen LogP contribution < -0.4 is 0 Å². The maximum Gasteiger partial charge on any atom is 0.314 e. The molecule has 0 aromatic heterocycles. The smallest absolute Gasteiger partial charge is 0.314 e. The number of carbonyl (C=O) groups is 2. The number of esters is 1. The van der Waals surface area contributed by atoms with E-state index in [1.165, 1.54) is 0 Å². The van der Waals surface area contributed by atoms with Gasteiger partial charge in [-0.05, 0) is 19.4 Å². The summed E-state index contributed by atoms with van der Waals surface area (Å²) in [6.45, 7) is 3.77. The molecular formula is C13H14O3. The second-order valence-corrected chi connectivity index (χ2v) is 4.46. The number of ether oxygens (including phenoxy) is 1. The zero-order valence-electron chi connectivity index (χ0n) is 9.45. The largest absolute Gasteiger partial charge is 0.454 e. The van der Waals surface area contributed by atoms with Crippen LogP contribution >= 0.6 is 0 Å². The number of Topliss-reactive ketones (excluding diaryl/α,β-unsaturated/α-hetero) is 1. The Labute approximate surface area is 94.4 Å². The van der Waals surface area contributed by atoms with Crippen LogP contribution in [0, 0.1) is 6.92 Å². The van der Waals surface area contributed by atoms with Gasteiger partial charge in [-0.15, -0.1) is 0 Å². The number of hydrogen-bond acceptors (Lipinski definition) is 3. The van der Waals surface area contributed by atoms with Crippen molar-refractivity contribution in [3.8, 4) is 0 Å². The van der Waals surface area contributed by atoms with Gasteiger partial charge in [0, 0.05) is 0 Å². The van der Waals surface area contributed by atoms with Crippen LogP contribution in [-0.2, 0) is 19.9 Å². The van der Waals surface area contributed by atoms with E-state index in [1.807, 2.05) is 31.2 Å². The summed E-state index contributed by atoms with van der Waals surface area (Å²) in [5, 5.41) is 0. The minimum absolute atomic E-state index is 0.0562. The fraction of sp³-hybridized carbons (Fsp3) is 0.385. The normalized spacial score (nSPS) is 25.4. The molecule has 0 amide bonds.